The third kappa shape index (κ3) is 1.57. The molecule has 1 heterocycles. The normalized spacial score (nSPS) is 20.2. The van der Waals surface area contributed by atoms with Crippen molar-refractivity contribution in [1.82, 2.24) is 4.98 Å². The zero-order valence-corrected chi connectivity index (χ0v) is 8.49. The molecule has 14 heavy (non-hydrogen) atoms. The number of aromatic nitrogens is 1. The summed E-state index contributed by atoms with van der Waals surface area (Å²) in [7, 11) is 0. The fourth-order valence-corrected chi connectivity index (χ4v) is 2.19. The molecule has 1 aliphatic rings. The first kappa shape index (κ1) is 9.38. The predicted octanol–water partition coefficient (Wildman–Crippen LogP) is 2.48. The Labute approximate surface area is 84.4 Å². The Balaban J connectivity index is 2.35. The van der Waals surface area contributed by atoms with E-state index in [0.29, 0.717) is 12.2 Å². The van der Waals surface area contributed by atoms with Gasteiger partial charge in [-0.3, -0.25) is 9.78 Å². The van der Waals surface area contributed by atoms with Gasteiger partial charge in [0.1, 0.15) is 5.78 Å². The van der Waals surface area contributed by atoms with E-state index in [1.54, 1.807) is 0 Å². The van der Waals surface area contributed by atoms with Gasteiger partial charge in [0.15, 0.2) is 0 Å². The van der Waals surface area contributed by atoms with E-state index in [1.807, 2.05) is 19.2 Å². The first-order chi connectivity index (χ1) is 6.83. The van der Waals surface area contributed by atoms with Crippen LogP contribution in [0.3, 0.4) is 0 Å². The number of rotatable bonds is 2. The molecule has 1 unspecified atom stereocenters. The van der Waals surface area contributed by atoms with Crippen LogP contribution in [0.5, 0.6) is 0 Å². The van der Waals surface area contributed by atoms with Crippen molar-refractivity contribution in [3.05, 3.63) is 29.6 Å². The predicted molar refractivity (Wildman–Crippen MR) is 55.2 cm³/mol. The van der Waals surface area contributed by atoms with Gasteiger partial charge in [-0.15, -0.1) is 0 Å². The summed E-state index contributed by atoms with van der Waals surface area (Å²) in [5, 5.41) is 0. The van der Waals surface area contributed by atoms with Crippen LogP contribution in [-0.4, -0.2) is 10.8 Å². The molecule has 2 heteroatoms. The Morgan fingerprint density at radius 3 is 3.29 bits per heavy atom. The quantitative estimate of drug-likeness (QED) is 0.715. The Morgan fingerprint density at radius 2 is 2.50 bits per heavy atom. The first-order valence-electron chi connectivity index (χ1n) is 5.29. The highest BCUT2D eigenvalue weighted by molar-refractivity contribution is 5.85. The van der Waals surface area contributed by atoms with Crippen LogP contribution in [0.1, 0.15) is 43.4 Å². The SMILES string of the molecule is CCC(=O)C1CCCc2ncccc21. The molecule has 1 atom stereocenters. The standard InChI is InChI=1S/C12H15NO/c1-2-12(14)10-5-3-7-11-9(10)6-4-8-13-11/h4,6,8,10H,2-3,5,7H2,1H3. The third-order valence-electron chi connectivity index (χ3n) is 2.94. The molecular weight excluding hydrogens is 174 g/mol. The molecule has 0 aromatic carbocycles. The molecule has 74 valence electrons. The molecule has 0 amide bonds. The number of Topliss-reactive ketones (excluding diaryl/α,β-unsaturated/α-hetero) is 1. The lowest BCUT2D eigenvalue weighted by molar-refractivity contribution is -0.120. The molecule has 2 rings (SSSR count). The van der Waals surface area contributed by atoms with Crippen molar-refractivity contribution in [3.63, 3.8) is 0 Å². The number of ketones is 1. The highest BCUT2D eigenvalue weighted by atomic mass is 16.1. The van der Waals surface area contributed by atoms with E-state index in [2.05, 4.69) is 11.1 Å². The van der Waals surface area contributed by atoms with Crippen LogP contribution in [0.2, 0.25) is 0 Å². The molecular formula is C12H15NO. The number of fused-ring (bicyclic) bond motifs is 1. The zero-order chi connectivity index (χ0) is 9.97. The molecule has 1 aromatic rings. The molecule has 0 saturated carbocycles. The molecule has 0 aliphatic heterocycles. The molecule has 1 aromatic heterocycles. The van der Waals surface area contributed by atoms with Crippen molar-refractivity contribution in [2.24, 2.45) is 0 Å². The van der Waals surface area contributed by atoms with Gasteiger partial charge in [0.25, 0.3) is 0 Å². The summed E-state index contributed by atoms with van der Waals surface area (Å²) in [4.78, 5) is 16.0. The average Bonchev–Trinajstić information content (AvgIpc) is 2.27. The fourth-order valence-electron chi connectivity index (χ4n) is 2.19. The Hall–Kier alpha value is -1.18. The average molecular weight is 189 g/mol. The Bertz CT molecular complexity index is 346. The summed E-state index contributed by atoms with van der Waals surface area (Å²) in [6, 6.07) is 3.99. The maximum Gasteiger partial charge on any atom is 0.140 e. The summed E-state index contributed by atoms with van der Waals surface area (Å²) in [5.74, 6) is 0.483. The Morgan fingerprint density at radius 1 is 1.64 bits per heavy atom. The molecule has 1 aliphatic carbocycles. The van der Waals surface area contributed by atoms with E-state index >= 15 is 0 Å². The van der Waals surface area contributed by atoms with E-state index < -0.39 is 0 Å². The maximum absolute atomic E-state index is 11.7. The van der Waals surface area contributed by atoms with Gasteiger partial charge in [-0.2, -0.15) is 0 Å². The van der Waals surface area contributed by atoms with Gasteiger partial charge in [-0.05, 0) is 30.9 Å². The monoisotopic (exact) mass is 189 g/mol. The van der Waals surface area contributed by atoms with E-state index in [4.69, 9.17) is 0 Å². The van der Waals surface area contributed by atoms with E-state index in [1.165, 1.54) is 5.56 Å². The second kappa shape index (κ2) is 3.91. The smallest absolute Gasteiger partial charge is 0.140 e. The van der Waals surface area contributed by atoms with Crippen LogP contribution in [0.4, 0.5) is 0 Å². The van der Waals surface area contributed by atoms with Crippen LogP contribution >= 0.6 is 0 Å². The van der Waals surface area contributed by atoms with E-state index in [-0.39, 0.29) is 5.92 Å². The zero-order valence-electron chi connectivity index (χ0n) is 8.49. The van der Waals surface area contributed by atoms with Gasteiger partial charge in [-0.25, -0.2) is 0 Å². The minimum atomic E-state index is 0.123. The lowest BCUT2D eigenvalue weighted by Crippen LogP contribution is -2.18. The number of hydrogen-bond acceptors (Lipinski definition) is 2. The number of pyridine rings is 1. The van der Waals surface area contributed by atoms with Gasteiger partial charge in [-0.1, -0.05) is 13.0 Å². The van der Waals surface area contributed by atoms with Crippen LogP contribution in [0.25, 0.3) is 0 Å². The summed E-state index contributed by atoms with van der Waals surface area (Å²) < 4.78 is 0. The third-order valence-corrected chi connectivity index (χ3v) is 2.94. The van der Waals surface area contributed by atoms with Crippen molar-refractivity contribution in [3.8, 4) is 0 Å². The van der Waals surface area contributed by atoms with Crippen LogP contribution < -0.4 is 0 Å². The number of carbonyl (C=O) groups excluding carboxylic acids is 1. The van der Waals surface area contributed by atoms with Crippen molar-refractivity contribution >= 4 is 5.78 Å². The van der Waals surface area contributed by atoms with E-state index in [9.17, 15) is 4.79 Å². The maximum atomic E-state index is 11.7. The van der Waals surface area contributed by atoms with Gasteiger partial charge in [0, 0.05) is 24.2 Å². The minimum absolute atomic E-state index is 0.123. The van der Waals surface area contributed by atoms with Gasteiger partial charge < -0.3 is 0 Å². The molecule has 2 nitrogen and oxygen atoms in total. The van der Waals surface area contributed by atoms with Gasteiger partial charge in [0.05, 0.1) is 0 Å². The van der Waals surface area contributed by atoms with Crippen LogP contribution in [-0.2, 0) is 11.2 Å². The Kier molecular flexibility index (Phi) is 2.62. The lowest BCUT2D eigenvalue weighted by atomic mass is 9.82. The van der Waals surface area contributed by atoms with Crippen molar-refractivity contribution in [1.29, 1.82) is 0 Å². The number of aryl methyl sites for hydroxylation is 1. The van der Waals surface area contributed by atoms with Crippen molar-refractivity contribution in [2.75, 3.05) is 0 Å². The molecule has 0 bridgehead atoms. The number of hydrogen-bond donors (Lipinski definition) is 0. The summed E-state index contributed by atoms with van der Waals surface area (Å²) in [5.41, 5.74) is 2.30. The first-order valence-corrected chi connectivity index (χ1v) is 5.29. The highest BCUT2D eigenvalue weighted by Gasteiger charge is 2.25. The molecule has 0 radical (unpaired) electrons. The molecule has 0 saturated heterocycles. The molecule has 0 N–H and O–H groups in total. The van der Waals surface area contributed by atoms with Crippen LogP contribution in [0, 0.1) is 0 Å². The molecule has 0 spiro atoms. The van der Waals surface area contributed by atoms with Gasteiger partial charge >= 0.3 is 0 Å². The lowest BCUT2D eigenvalue weighted by Gasteiger charge is -2.22. The minimum Gasteiger partial charge on any atom is -0.299 e. The fraction of sp³-hybridized carbons (Fsp3) is 0.500. The van der Waals surface area contributed by atoms with E-state index in [0.717, 1.165) is 25.0 Å². The summed E-state index contributed by atoms with van der Waals surface area (Å²) in [6.45, 7) is 1.94. The van der Waals surface area contributed by atoms with Crippen LogP contribution in [0.15, 0.2) is 18.3 Å². The van der Waals surface area contributed by atoms with Crippen molar-refractivity contribution in [2.45, 2.75) is 38.5 Å². The number of carbonyl (C=O) groups is 1. The summed E-state index contributed by atoms with van der Waals surface area (Å²) >= 11 is 0. The largest absolute Gasteiger partial charge is 0.299 e. The highest BCUT2D eigenvalue weighted by Crippen LogP contribution is 2.31. The second-order valence-electron chi connectivity index (χ2n) is 3.80. The van der Waals surface area contributed by atoms with Crippen molar-refractivity contribution < 1.29 is 4.79 Å². The number of nitrogens with zero attached hydrogens (tertiary/aromatic N) is 1. The molecule has 0 fully saturated rings. The van der Waals surface area contributed by atoms with Gasteiger partial charge in [0.2, 0.25) is 0 Å². The second-order valence-corrected chi connectivity index (χ2v) is 3.80. The topological polar surface area (TPSA) is 30.0 Å². The summed E-state index contributed by atoms with van der Waals surface area (Å²) in [6.07, 6.45) is 5.59.